The Bertz CT molecular complexity index is 522. The predicted octanol–water partition coefficient (Wildman–Crippen LogP) is 3.16. The van der Waals surface area contributed by atoms with E-state index in [2.05, 4.69) is 31.6 Å². The van der Waals surface area contributed by atoms with Gasteiger partial charge in [0, 0.05) is 24.6 Å². The first-order valence-electron chi connectivity index (χ1n) is 7.02. The Kier molecular flexibility index (Phi) is 8.30. The summed E-state index contributed by atoms with van der Waals surface area (Å²) in [5.74, 6) is 3.07. The summed E-state index contributed by atoms with van der Waals surface area (Å²) in [6, 6.07) is 3.88. The number of nitrogens with zero attached hydrogens (tertiary/aromatic N) is 1. The Morgan fingerprint density at radius 2 is 1.86 bits per heavy atom. The topological polar surface area (TPSA) is 54.9 Å². The second kappa shape index (κ2) is 9.44. The lowest BCUT2D eigenvalue weighted by Crippen LogP contribution is -2.37. The molecule has 2 rings (SSSR count). The maximum absolute atomic E-state index is 5.33. The molecular weight excluding hydrogens is 461 g/mol. The van der Waals surface area contributed by atoms with E-state index in [1.807, 2.05) is 12.1 Å². The third-order valence-electron chi connectivity index (χ3n) is 3.48. The fourth-order valence-corrected chi connectivity index (χ4v) is 2.46. The summed E-state index contributed by atoms with van der Waals surface area (Å²) in [4.78, 5) is 4.23. The van der Waals surface area contributed by atoms with Crippen LogP contribution in [0.5, 0.6) is 11.5 Å². The van der Waals surface area contributed by atoms with Gasteiger partial charge in [0.25, 0.3) is 0 Å². The molecule has 0 atom stereocenters. The van der Waals surface area contributed by atoms with Crippen LogP contribution in [0.2, 0.25) is 0 Å². The number of nitrogens with one attached hydrogen (secondary N) is 2. The summed E-state index contributed by atoms with van der Waals surface area (Å²) in [6.07, 6.45) is 2.65. The fraction of sp³-hybridized carbons (Fsp3) is 0.533. The van der Waals surface area contributed by atoms with Crippen molar-refractivity contribution in [3.8, 4) is 11.5 Å². The molecule has 0 spiro atoms. The van der Waals surface area contributed by atoms with Gasteiger partial charge in [0.2, 0.25) is 0 Å². The SMILES string of the molecule is CN=C(NCc1cc(OC)c(OC)cc1Br)NCC1CC1.I. The van der Waals surface area contributed by atoms with Gasteiger partial charge >= 0.3 is 0 Å². The lowest BCUT2D eigenvalue weighted by molar-refractivity contribution is 0.354. The molecule has 0 aliphatic heterocycles. The molecule has 5 nitrogen and oxygen atoms in total. The molecule has 1 aromatic carbocycles. The number of guanidine groups is 1. The molecule has 0 bridgehead atoms. The Hall–Kier alpha value is -0.700. The molecule has 0 unspecified atom stereocenters. The molecule has 22 heavy (non-hydrogen) atoms. The van der Waals surface area contributed by atoms with Crippen molar-refractivity contribution in [3.05, 3.63) is 22.2 Å². The first-order chi connectivity index (χ1) is 10.2. The van der Waals surface area contributed by atoms with E-state index in [1.54, 1.807) is 21.3 Å². The fourth-order valence-electron chi connectivity index (χ4n) is 1.99. The van der Waals surface area contributed by atoms with E-state index >= 15 is 0 Å². The normalized spacial score (nSPS) is 14.1. The molecule has 2 N–H and O–H groups in total. The number of methoxy groups -OCH3 is 2. The molecule has 0 amide bonds. The largest absolute Gasteiger partial charge is 0.493 e. The van der Waals surface area contributed by atoms with Crippen LogP contribution in [0.1, 0.15) is 18.4 Å². The van der Waals surface area contributed by atoms with Gasteiger partial charge in [-0.25, -0.2) is 0 Å². The van der Waals surface area contributed by atoms with Crippen LogP contribution in [0.4, 0.5) is 0 Å². The van der Waals surface area contributed by atoms with Crippen molar-refractivity contribution in [1.82, 2.24) is 10.6 Å². The van der Waals surface area contributed by atoms with E-state index in [0.29, 0.717) is 12.3 Å². The van der Waals surface area contributed by atoms with Crippen molar-refractivity contribution in [1.29, 1.82) is 0 Å². The van der Waals surface area contributed by atoms with Gasteiger partial charge in [0.05, 0.1) is 14.2 Å². The zero-order chi connectivity index (χ0) is 15.2. The Morgan fingerprint density at radius 1 is 1.23 bits per heavy atom. The van der Waals surface area contributed by atoms with Gasteiger partial charge < -0.3 is 20.1 Å². The maximum atomic E-state index is 5.33. The van der Waals surface area contributed by atoms with Crippen molar-refractivity contribution in [3.63, 3.8) is 0 Å². The lowest BCUT2D eigenvalue weighted by Gasteiger charge is -2.14. The Balaban J connectivity index is 0.00000242. The maximum Gasteiger partial charge on any atom is 0.191 e. The van der Waals surface area contributed by atoms with E-state index in [1.165, 1.54) is 12.8 Å². The van der Waals surface area contributed by atoms with Crippen LogP contribution < -0.4 is 20.1 Å². The summed E-state index contributed by atoms with van der Waals surface area (Å²) in [5, 5.41) is 6.65. The highest BCUT2D eigenvalue weighted by molar-refractivity contribution is 14.0. The molecule has 1 aliphatic rings. The molecule has 0 heterocycles. The van der Waals surface area contributed by atoms with Gasteiger partial charge in [-0.2, -0.15) is 0 Å². The van der Waals surface area contributed by atoms with Crippen LogP contribution in [-0.2, 0) is 6.54 Å². The van der Waals surface area contributed by atoms with Gasteiger partial charge in [0.1, 0.15) is 0 Å². The molecule has 0 aromatic heterocycles. The highest BCUT2D eigenvalue weighted by Crippen LogP contribution is 2.33. The van der Waals surface area contributed by atoms with Crippen LogP contribution in [0.25, 0.3) is 0 Å². The summed E-state index contributed by atoms with van der Waals surface area (Å²) in [5.41, 5.74) is 1.09. The minimum absolute atomic E-state index is 0. The Morgan fingerprint density at radius 3 is 2.41 bits per heavy atom. The van der Waals surface area contributed by atoms with Crippen molar-refractivity contribution < 1.29 is 9.47 Å². The minimum Gasteiger partial charge on any atom is -0.493 e. The third-order valence-corrected chi connectivity index (χ3v) is 4.22. The monoisotopic (exact) mass is 483 g/mol. The van der Waals surface area contributed by atoms with E-state index in [-0.39, 0.29) is 24.0 Å². The van der Waals surface area contributed by atoms with Crippen LogP contribution in [0, 0.1) is 5.92 Å². The molecular formula is C15H23BrIN3O2. The molecule has 124 valence electrons. The molecule has 1 fully saturated rings. The molecule has 0 saturated heterocycles. The van der Waals surface area contributed by atoms with Gasteiger partial charge in [0.15, 0.2) is 17.5 Å². The van der Waals surface area contributed by atoms with Crippen molar-refractivity contribution >= 4 is 45.9 Å². The number of aliphatic imine (C=N–C) groups is 1. The summed E-state index contributed by atoms with van der Waals surface area (Å²) >= 11 is 3.56. The smallest absolute Gasteiger partial charge is 0.191 e. The van der Waals surface area contributed by atoms with Gasteiger partial charge in [-0.3, -0.25) is 4.99 Å². The second-order valence-corrected chi connectivity index (χ2v) is 5.90. The lowest BCUT2D eigenvalue weighted by atomic mass is 10.2. The van der Waals surface area contributed by atoms with Crippen LogP contribution >= 0.6 is 39.9 Å². The van der Waals surface area contributed by atoms with Gasteiger partial charge in [-0.05, 0) is 36.5 Å². The molecule has 0 radical (unpaired) electrons. The van der Waals surface area contributed by atoms with Crippen LogP contribution in [0.3, 0.4) is 0 Å². The van der Waals surface area contributed by atoms with E-state index in [0.717, 1.165) is 34.2 Å². The van der Waals surface area contributed by atoms with Crippen molar-refractivity contribution in [2.75, 3.05) is 27.8 Å². The summed E-state index contributed by atoms with van der Waals surface area (Å²) in [6.45, 7) is 1.65. The average Bonchev–Trinajstić information content (AvgIpc) is 3.32. The summed E-state index contributed by atoms with van der Waals surface area (Å²) in [7, 11) is 5.05. The highest BCUT2D eigenvalue weighted by Gasteiger charge is 2.21. The molecule has 1 saturated carbocycles. The quantitative estimate of drug-likeness (QED) is 0.370. The Labute approximate surface area is 157 Å². The van der Waals surface area contributed by atoms with E-state index in [4.69, 9.17) is 9.47 Å². The minimum atomic E-state index is 0. The van der Waals surface area contributed by atoms with Gasteiger partial charge in [-0.15, -0.1) is 24.0 Å². The number of ether oxygens (including phenoxy) is 2. The number of rotatable bonds is 6. The third kappa shape index (κ3) is 5.49. The van der Waals surface area contributed by atoms with Crippen molar-refractivity contribution in [2.45, 2.75) is 19.4 Å². The molecule has 1 aliphatic carbocycles. The number of hydrogen-bond donors (Lipinski definition) is 2. The number of hydrogen-bond acceptors (Lipinski definition) is 3. The van der Waals surface area contributed by atoms with Gasteiger partial charge in [-0.1, -0.05) is 15.9 Å². The first-order valence-corrected chi connectivity index (χ1v) is 7.82. The average molecular weight is 484 g/mol. The predicted molar refractivity (Wildman–Crippen MR) is 104 cm³/mol. The van der Waals surface area contributed by atoms with E-state index < -0.39 is 0 Å². The molecule has 7 heteroatoms. The first kappa shape index (κ1) is 19.3. The van der Waals surface area contributed by atoms with Crippen molar-refractivity contribution in [2.24, 2.45) is 10.9 Å². The zero-order valence-electron chi connectivity index (χ0n) is 13.1. The number of benzene rings is 1. The van der Waals surface area contributed by atoms with Crippen LogP contribution in [0.15, 0.2) is 21.6 Å². The standard InChI is InChI=1S/C15H22BrN3O2.HI/c1-17-15(18-8-10-4-5-10)19-9-11-6-13(20-2)14(21-3)7-12(11)16;/h6-7,10H,4-5,8-9H2,1-3H3,(H2,17,18,19);1H. The van der Waals surface area contributed by atoms with Crippen LogP contribution in [-0.4, -0.2) is 33.8 Å². The highest BCUT2D eigenvalue weighted by atomic mass is 127. The molecule has 1 aromatic rings. The van der Waals surface area contributed by atoms with E-state index in [9.17, 15) is 0 Å². The number of halogens is 2. The second-order valence-electron chi connectivity index (χ2n) is 5.05. The zero-order valence-corrected chi connectivity index (χ0v) is 17.0. The summed E-state index contributed by atoms with van der Waals surface area (Å²) < 4.78 is 11.6.